The highest BCUT2D eigenvalue weighted by Crippen LogP contribution is 2.38. The molecular weight excluding hydrogens is 325 g/mol. The van der Waals surface area contributed by atoms with Crippen molar-refractivity contribution in [2.75, 3.05) is 13.2 Å². The van der Waals surface area contributed by atoms with E-state index in [0.717, 1.165) is 12.1 Å². The number of halogens is 5. The molecule has 1 saturated heterocycles. The van der Waals surface area contributed by atoms with Gasteiger partial charge in [0.15, 0.2) is 6.04 Å². The average Bonchev–Trinajstić information content (AvgIpc) is 2.98. The first kappa shape index (κ1) is 17.5. The zero-order valence-corrected chi connectivity index (χ0v) is 11.8. The Morgan fingerprint density at radius 3 is 2.57 bits per heavy atom. The van der Waals surface area contributed by atoms with Crippen molar-refractivity contribution in [3.05, 3.63) is 29.8 Å². The summed E-state index contributed by atoms with van der Waals surface area (Å²) in [7, 11) is 0. The van der Waals surface area contributed by atoms with Crippen molar-refractivity contribution in [3.8, 4) is 5.75 Å². The van der Waals surface area contributed by atoms with Crippen molar-refractivity contribution in [1.29, 1.82) is 0 Å². The van der Waals surface area contributed by atoms with Gasteiger partial charge in [0.2, 0.25) is 5.91 Å². The van der Waals surface area contributed by atoms with Crippen LogP contribution in [0, 0.1) is 5.92 Å². The highest BCUT2D eigenvalue weighted by Gasteiger charge is 2.44. The van der Waals surface area contributed by atoms with Crippen molar-refractivity contribution in [2.45, 2.75) is 25.3 Å². The maximum Gasteiger partial charge on any atom is 0.413 e. The number of carbonyl (C=O) groups excluding carboxylic acids is 1. The third-order valence-corrected chi connectivity index (χ3v) is 3.36. The van der Waals surface area contributed by atoms with Crippen molar-refractivity contribution < 1.29 is 36.2 Å². The van der Waals surface area contributed by atoms with Gasteiger partial charge in [-0.25, -0.2) is 0 Å². The Morgan fingerprint density at radius 2 is 2.00 bits per heavy atom. The van der Waals surface area contributed by atoms with Crippen LogP contribution < -0.4 is 10.1 Å². The molecule has 1 heterocycles. The average molecular weight is 339 g/mol. The Labute approximate surface area is 128 Å². The first-order valence-electron chi connectivity index (χ1n) is 6.77. The molecule has 9 heteroatoms. The van der Waals surface area contributed by atoms with E-state index >= 15 is 0 Å². The number of carbonyl (C=O) groups is 1. The van der Waals surface area contributed by atoms with Gasteiger partial charge < -0.3 is 14.8 Å². The van der Waals surface area contributed by atoms with Crippen molar-refractivity contribution in [2.24, 2.45) is 5.92 Å². The normalized spacial score (nSPS) is 19.7. The molecule has 1 aliphatic rings. The molecule has 0 aromatic heterocycles. The quantitative estimate of drug-likeness (QED) is 0.839. The standard InChI is InChI=1S/C14H14F5NO3/c15-13(16)23-10-4-2-1-3-9(10)11(14(17,18)19)20-12(21)8-5-6-22-7-8/h1-4,8,11,13H,5-7H2,(H,20,21)/t8-,11+/m1/s1. The van der Waals surface area contributed by atoms with E-state index in [1.807, 2.05) is 5.32 Å². The lowest BCUT2D eigenvalue weighted by Crippen LogP contribution is -2.41. The van der Waals surface area contributed by atoms with E-state index in [9.17, 15) is 26.7 Å². The SMILES string of the molecule is O=C(N[C@@H](c1ccccc1OC(F)F)C(F)(F)F)[C@@H]1CCOC1. The molecule has 4 nitrogen and oxygen atoms in total. The number of ether oxygens (including phenoxy) is 2. The number of rotatable bonds is 5. The van der Waals surface area contributed by atoms with E-state index in [0.29, 0.717) is 13.0 Å². The number of benzene rings is 1. The highest BCUT2D eigenvalue weighted by molar-refractivity contribution is 5.79. The van der Waals surface area contributed by atoms with Crippen molar-refractivity contribution in [1.82, 2.24) is 5.32 Å². The van der Waals surface area contributed by atoms with Gasteiger partial charge in [-0.2, -0.15) is 22.0 Å². The third-order valence-electron chi connectivity index (χ3n) is 3.36. The molecule has 1 N–H and O–H groups in total. The second-order valence-corrected chi connectivity index (χ2v) is 4.96. The van der Waals surface area contributed by atoms with E-state index < -0.39 is 42.0 Å². The molecule has 0 saturated carbocycles. The van der Waals surface area contributed by atoms with Crippen LogP contribution in [-0.4, -0.2) is 31.9 Å². The van der Waals surface area contributed by atoms with Crippen LogP contribution in [0.4, 0.5) is 22.0 Å². The summed E-state index contributed by atoms with van der Waals surface area (Å²) in [4.78, 5) is 11.9. The molecule has 23 heavy (non-hydrogen) atoms. The molecular formula is C14H14F5NO3. The number of nitrogens with one attached hydrogen (secondary N) is 1. The van der Waals surface area contributed by atoms with Crippen molar-refractivity contribution >= 4 is 5.91 Å². The van der Waals surface area contributed by atoms with Crippen LogP contribution in [-0.2, 0) is 9.53 Å². The molecule has 1 aromatic carbocycles. The van der Waals surface area contributed by atoms with Gasteiger partial charge in [0, 0.05) is 12.2 Å². The molecule has 128 valence electrons. The van der Waals surface area contributed by atoms with Crippen molar-refractivity contribution in [3.63, 3.8) is 0 Å². The lowest BCUT2D eigenvalue weighted by molar-refractivity contribution is -0.165. The van der Waals surface area contributed by atoms with Gasteiger partial charge in [-0.15, -0.1) is 0 Å². The Balaban J connectivity index is 2.27. The minimum atomic E-state index is -4.86. The topological polar surface area (TPSA) is 47.6 Å². The summed E-state index contributed by atoms with van der Waals surface area (Å²) in [5.74, 6) is -2.16. The number of para-hydroxylation sites is 1. The Bertz CT molecular complexity index is 543. The molecule has 2 atom stereocenters. The van der Waals surface area contributed by atoms with Gasteiger partial charge in [0.1, 0.15) is 5.75 Å². The molecule has 1 aliphatic heterocycles. The van der Waals surface area contributed by atoms with E-state index in [-0.39, 0.29) is 6.61 Å². The van der Waals surface area contributed by atoms with E-state index in [2.05, 4.69) is 4.74 Å². The fraction of sp³-hybridized carbons (Fsp3) is 0.500. The number of hydrogen-bond donors (Lipinski definition) is 1. The first-order valence-corrected chi connectivity index (χ1v) is 6.77. The fourth-order valence-corrected chi connectivity index (χ4v) is 2.26. The molecule has 0 unspecified atom stereocenters. The van der Waals surface area contributed by atoms with E-state index in [1.165, 1.54) is 12.1 Å². The van der Waals surface area contributed by atoms with E-state index in [4.69, 9.17) is 4.74 Å². The summed E-state index contributed by atoms with van der Waals surface area (Å²) in [6, 6.07) is 2.05. The van der Waals surface area contributed by atoms with Crippen LogP contribution in [0.5, 0.6) is 5.75 Å². The van der Waals surface area contributed by atoms with Crippen LogP contribution in [0.1, 0.15) is 18.0 Å². The van der Waals surface area contributed by atoms with Gasteiger partial charge in [0.25, 0.3) is 0 Å². The predicted octanol–water partition coefficient (Wildman–Crippen LogP) is 3.04. The zero-order chi connectivity index (χ0) is 17.0. The lowest BCUT2D eigenvalue weighted by Gasteiger charge is -2.25. The molecule has 1 amide bonds. The Morgan fingerprint density at radius 1 is 1.30 bits per heavy atom. The van der Waals surface area contributed by atoms with Crippen LogP contribution in [0.2, 0.25) is 0 Å². The second kappa shape index (κ2) is 7.12. The second-order valence-electron chi connectivity index (χ2n) is 4.96. The number of hydrogen-bond acceptors (Lipinski definition) is 3. The Kier molecular flexibility index (Phi) is 5.40. The molecule has 0 bridgehead atoms. The monoisotopic (exact) mass is 339 g/mol. The largest absolute Gasteiger partial charge is 0.434 e. The molecule has 1 aromatic rings. The summed E-state index contributed by atoms with van der Waals surface area (Å²) >= 11 is 0. The van der Waals surface area contributed by atoms with Gasteiger partial charge in [-0.1, -0.05) is 18.2 Å². The van der Waals surface area contributed by atoms with E-state index in [1.54, 1.807) is 0 Å². The lowest BCUT2D eigenvalue weighted by atomic mass is 10.0. The number of alkyl halides is 5. The highest BCUT2D eigenvalue weighted by atomic mass is 19.4. The molecule has 0 aliphatic carbocycles. The zero-order valence-electron chi connectivity index (χ0n) is 11.8. The van der Waals surface area contributed by atoms with Gasteiger partial charge in [-0.3, -0.25) is 4.79 Å². The summed E-state index contributed by atoms with van der Waals surface area (Å²) in [5, 5.41) is 1.86. The van der Waals surface area contributed by atoms with Crippen LogP contribution in [0.15, 0.2) is 24.3 Å². The summed E-state index contributed by atoms with van der Waals surface area (Å²) < 4.78 is 73.6. The Hall–Kier alpha value is -1.90. The fourth-order valence-electron chi connectivity index (χ4n) is 2.26. The summed E-state index contributed by atoms with van der Waals surface area (Å²) in [5.41, 5.74) is -0.576. The van der Waals surface area contributed by atoms with Gasteiger partial charge >= 0.3 is 12.8 Å². The smallest absolute Gasteiger partial charge is 0.413 e. The van der Waals surface area contributed by atoms with Gasteiger partial charge in [0.05, 0.1) is 12.5 Å². The minimum Gasteiger partial charge on any atom is -0.434 e. The molecule has 2 rings (SSSR count). The van der Waals surface area contributed by atoms with Crippen LogP contribution >= 0.6 is 0 Å². The predicted molar refractivity (Wildman–Crippen MR) is 68.9 cm³/mol. The molecule has 1 fully saturated rings. The van der Waals surface area contributed by atoms with Crippen LogP contribution in [0.3, 0.4) is 0 Å². The number of amides is 1. The maximum atomic E-state index is 13.3. The third kappa shape index (κ3) is 4.54. The van der Waals surface area contributed by atoms with Gasteiger partial charge in [-0.05, 0) is 12.5 Å². The summed E-state index contributed by atoms with van der Waals surface area (Å²) in [6.07, 6.45) is -4.55. The minimum absolute atomic E-state index is 0.0333. The first-order chi connectivity index (χ1) is 10.8. The molecule has 0 spiro atoms. The maximum absolute atomic E-state index is 13.3. The molecule has 0 radical (unpaired) electrons. The van der Waals surface area contributed by atoms with Crippen LogP contribution in [0.25, 0.3) is 0 Å². The summed E-state index contributed by atoms with van der Waals surface area (Å²) in [6.45, 7) is -2.95.